The van der Waals surface area contributed by atoms with Gasteiger partial charge in [0, 0.05) is 16.9 Å². The number of para-hydroxylation sites is 2. The van der Waals surface area contributed by atoms with Gasteiger partial charge in [-0.15, -0.1) is 0 Å². The van der Waals surface area contributed by atoms with E-state index in [0.717, 1.165) is 5.69 Å². The number of hydrogen-bond donors (Lipinski definition) is 1. The number of thiocarbonyl (C=S) groups is 1. The number of carbonyl (C=O) groups is 1. The van der Waals surface area contributed by atoms with E-state index < -0.39 is 18.6 Å². The molecule has 5 nitrogen and oxygen atoms in total. The second-order valence-electron chi connectivity index (χ2n) is 5.96. The van der Waals surface area contributed by atoms with Gasteiger partial charge in [0.1, 0.15) is 5.75 Å². The van der Waals surface area contributed by atoms with Gasteiger partial charge in [0.2, 0.25) is 0 Å². The molecule has 1 aliphatic rings. The molecule has 1 atom stereocenters. The first-order chi connectivity index (χ1) is 13.4. The average molecular weight is 404 g/mol. The Labute approximate surface area is 166 Å². The van der Waals surface area contributed by atoms with Crippen molar-refractivity contribution >= 4 is 29.0 Å². The van der Waals surface area contributed by atoms with Gasteiger partial charge in [-0.25, -0.2) is 4.79 Å². The van der Waals surface area contributed by atoms with Crippen molar-refractivity contribution < 1.29 is 23.0 Å². The summed E-state index contributed by atoms with van der Waals surface area (Å²) in [5.74, 6) is -0.634. The van der Waals surface area contributed by atoms with Crippen molar-refractivity contribution in [3.8, 4) is 5.75 Å². The highest BCUT2D eigenvalue weighted by Crippen LogP contribution is 2.37. The van der Waals surface area contributed by atoms with Crippen LogP contribution in [-0.4, -0.2) is 24.8 Å². The number of benzene rings is 2. The molecule has 8 heteroatoms. The van der Waals surface area contributed by atoms with E-state index in [1.807, 2.05) is 30.3 Å². The Morgan fingerprint density at radius 2 is 1.79 bits per heavy atom. The lowest BCUT2D eigenvalue weighted by atomic mass is 9.94. The Bertz CT molecular complexity index is 919. The van der Waals surface area contributed by atoms with Crippen LogP contribution < -0.4 is 15.0 Å². The smallest absolute Gasteiger partial charge is 0.387 e. The van der Waals surface area contributed by atoms with Crippen LogP contribution in [0.15, 0.2) is 65.9 Å². The van der Waals surface area contributed by atoms with Crippen LogP contribution in [0.1, 0.15) is 18.5 Å². The fourth-order valence-electron chi connectivity index (χ4n) is 3.16. The van der Waals surface area contributed by atoms with Crippen molar-refractivity contribution in [2.75, 3.05) is 12.0 Å². The maximum atomic E-state index is 12.8. The van der Waals surface area contributed by atoms with Crippen LogP contribution in [0.3, 0.4) is 0 Å². The highest BCUT2D eigenvalue weighted by molar-refractivity contribution is 7.80. The Kier molecular flexibility index (Phi) is 5.89. The summed E-state index contributed by atoms with van der Waals surface area (Å²) in [4.78, 5) is 14.3. The second kappa shape index (κ2) is 8.35. The third kappa shape index (κ3) is 3.82. The molecule has 1 heterocycles. The van der Waals surface area contributed by atoms with Crippen LogP contribution in [0.2, 0.25) is 0 Å². The molecule has 1 unspecified atom stereocenters. The quantitative estimate of drug-likeness (QED) is 0.596. The number of nitrogens with one attached hydrogen (secondary N) is 1. The summed E-state index contributed by atoms with van der Waals surface area (Å²) in [6, 6.07) is 14.7. The molecule has 2 aromatic carbocycles. The zero-order valence-electron chi connectivity index (χ0n) is 15.2. The number of carbonyl (C=O) groups excluding carboxylic acids is 1. The number of ether oxygens (including phenoxy) is 2. The van der Waals surface area contributed by atoms with Crippen molar-refractivity contribution in [1.82, 2.24) is 5.32 Å². The lowest BCUT2D eigenvalue weighted by molar-refractivity contribution is -0.136. The predicted molar refractivity (Wildman–Crippen MR) is 105 cm³/mol. The predicted octanol–water partition coefficient (Wildman–Crippen LogP) is 4.17. The molecular formula is C20H18F2N2O3S. The number of rotatable bonds is 5. The molecule has 0 radical (unpaired) electrons. The monoisotopic (exact) mass is 404 g/mol. The van der Waals surface area contributed by atoms with E-state index in [2.05, 4.69) is 10.1 Å². The number of esters is 1. The minimum Gasteiger partial charge on any atom is -0.466 e. The molecular weight excluding hydrogens is 386 g/mol. The number of hydrogen-bond acceptors (Lipinski definition) is 4. The van der Waals surface area contributed by atoms with Crippen molar-refractivity contribution in [3.63, 3.8) is 0 Å². The van der Waals surface area contributed by atoms with Gasteiger partial charge in [-0.05, 0) is 37.3 Å². The zero-order valence-corrected chi connectivity index (χ0v) is 16.0. The van der Waals surface area contributed by atoms with Gasteiger partial charge in [-0.3, -0.25) is 4.90 Å². The van der Waals surface area contributed by atoms with Crippen molar-refractivity contribution in [1.29, 1.82) is 0 Å². The molecule has 0 aliphatic carbocycles. The average Bonchev–Trinajstić information content (AvgIpc) is 2.68. The normalized spacial score (nSPS) is 16.8. The SMILES string of the molecule is COC(=O)C1=C(C)N(c2ccccc2)C(=S)NC1c1ccccc1OC(F)F. The summed E-state index contributed by atoms with van der Waals surface area (Å²) in [6.45, 7) is -1.26. The van der Waals surface area contributed by atoms with E-state index in [1.54, 1.807) is 30.0 Å². The van der Waals surface area contributed by atoms with Gasteiger partial charge in [-0.2, -0.15) is 8.78 Å². The zero-order chi connectivity index (χ0) is 20.3. The van der Waals surface area contributed by atoms with Crippen molar-refractivity contribution in [2.24, 2.45) is 0 Å². The molecule has 28 heavy (non-hydrogen) atoms. The van der Waals surface area contributed by atoms with Crippen LogP contribution in [0, 0.1) is 0 Å². The van der Waals surface area contributed by atoms with Crippen molar-refractivity contribution in [2.45, 2.75) is 19.6 Å². The summed E-state index contributed by atoms with van der Waals surface area (Å²) in [6.07, 6.45) is 0. The van der Waals surface area contributed by atoms with Gasteiger partial charge in [0.15, 0.2) is 5.11 Å². The molecule has 2 aromatic rings. The van der Waals surface area contributed by atoms with Gasteiger partial charge in [-0.1, -0.05) is 36.4 Å². The first-order valence-corrected chi connectivity index (χ1v) is 8.83. The number of nitrogens with zero attached hydrogens (tertiary/aromatic N) is 1. The Morgan fingerprint density at radius 3 is 2.43 bits per heavy atom. The van der Waals surface area contributed by atoms with Crippen LogP contribution >= 0.6 is 12.2 Å². The molecule has 0 bridgehead atoms. The summed E-state index contributed by atoms with van der Waals surface area (Å²) in [5.41, 5.74) is 1.91. The third-order valence-corrected chi connectivity index (χ3v) is 4.65. The molecule has 0 spiro atoms. The fourth-order valence-corrected chi connectivity index (χ4v) is 3.52. The van der Waals surface area contributed by atoms with Crippen LogP contribution in [0.5, 0.6) is 5.75 Å². The molecule has 146 valence electrons. The first-order valence-electron chi connectivity index (χ1n) is 8.42. The van der Waals surface area contributed by atoms with Crippen LogP contribution in [-0.2, 0) is 9.53 Å². The van der Waals surface area contributed by atoms with E-state index >= 15 is 0 Å². The second-order valence-corrected chi connectivity index (χ2v) is 6.35. The Morgan fingerprint density at radius 1 is 1.14 bits per heavy atom. The number of allylic oxidation sites excluding steroid dienone is 1. The number of methoxy groups -OCH3 is 1. The molecule has 3 rings (SSSR count). The molecule has 1 N–H and O–H groups in total. The van der Waals surface area contributed by atoms with E-state index in [0.29, 0.717) is 16.4 Å². The van der Waals surface area contributed by atoms with E-state index in [-0.39, 0.29) is 11.3 Å². The van der Waals surface area contributed by atoms with Crippen LogP contribution in [0.4, 0.5) is 14.5 Å². The summed E-state index contributed by atoms with van der Waals surface area (Å²) in [7, 11) is 1.26. The topological polar surface area (TPSA) is 50.8 Å². The third-order valence-electron chi connectivity index (χ3n) is 4.35. The largest absolute Gasteiger partial charge is 0.466 e. The van der Waals surface area contributed by atoms with Gasteiger partial charge < -0.3 is 14.8 Å². The van der Waals surface area contributed by atoms with Gasteiger partial charge in [0.05, 0.1) is 18.7 Å². The Balaban J connectivity index is 2.14. The lowest BCUT2D eigenvalue weighted by Crippen LogP contribution is -2.48. The highest BCUT2D eigenvalue weighted by atomic mass is 32.1. The van der Waals surface area contributed by atoms with Crippen molar-refractivity contribution in [3.05, 3.63) is 71.4 Å². The first kappa shape index (κ1) is 19.8. The maximum Gasteiger partial charge on any atom is 0.387 e. The summed E-state index contributed by atoms with van der Waals surface area (Å²) in [5, 5.41) is 3.39. The number of anilines is 1. The molecule has 0 aromatic heterocycles. The lowest BCUT2D eigenvalue weighted by Gasteiger charge is -2.37. The van der Waals surface area contributed by atoms with E-state index in [4.69, 9.17) is 17.0 Å². The number of halogens is 2. The summed E-state index contributed by atoms with van der Waals surface area (Å²) < 4.78 is 35.3. The van der Waals surface area contributed by atoms with Gasteiger partial charge in [0.25, 0.3) is 0 Å². The molecule has 0 amide bonds. The Hall–Kier alpha value is -3.00. The molecule has 0 saturated carbocycles. The standard InChI is InChI=1S/C20H18F2N2O3S/c1-12-16(18(25)26-2)17(14-10-6-7-11-15(14)27-19(21)22)23-20(28)24(12)13-8-4-3-5-9-13/h3-11,17,19H,1-2H3,(H,23,28). The minimum absolute atomic E-state index is 0.0415. The fraction of sp³-hybridized carbons (Fsp3) is 0.200. The minimum atomic E-state index is -3.00. The van der Waals surface area contributed by atoms with E-state index in [1.165, 1.54) is 13.2 Å². The molecule has 1 aliphatic heterocycles. The highest BCUT2D eigenvalue weighted by Gasteiger charge is 2.36. The molecule has 0 fully saturated rings. The van der Waals surface area contributed by atoms with Crippen LogP contribution in [0.25, 0.3) is 0 Å². The maximum absolute atomic E-state index is 12.8. The summed E-state index contributed by atoms with van der Waals surface area (Å²) >= 11 is 5.51. The molecule has 0 saturated heterocycles. The number of alkyl halides is 2. The van der Waals surface area contributed by atoms with Gasteiger partial charge >= 0.3 is 12.6 Å². The van der Waals surface area contributed by atoms with E-state index in [9.17, 15) is 13.6 Å².